The zero-order valence-electron chi connectivity index (χ0n) is 10.9. The van der Waals surface area contributed by atoms with Crippen molar-refractivity contribution >= 4 is 33.3 Å². The monoisotopic (exact) mass is 311 g/mol. The lowest BCUT2D eigenvalue weighted by atomic mass is 10.1. The number of ketones is 1. The first-order chi connectivity index (χ1) is 8.45. The zero-order chi connectivity index (χ0) is 13.7. The summed E-state index contributed by atoms with van der Waals surface area (Å²) in [4.78, 5) is 23.2. The molecule has 0 fully saturated rings. The number of hydrogen-bond acceptors (Lipinski definition) is 2. The maximum absolute atomic E-state index is 11.9. The first-order valence-corrected chi connectivity index (χ1v) is 6.96. The second-order valence-corrected chi connectivity index (χ2v) is 5.57. The van der Waals surface area contributed by atoms with Gasteiger partial charge < -0.3 is 5.32 Å². The number of benzene rings is 1. The minimum Gasteiger partial charge on any atom is -0.326 e. The highest BCUT2D eigenvalue weighted by molar-refractivity contribution is 9.10. The number of carbonyl (C=O) groups is 2. The van der Waals surface area contributed by atoms with Crippen molar-refractivity contribution in [2.75, 3.05) is 5.32 Å². The van der Waals surface area contributed by atoms with Gasteiger partial charge in [0.2, 0.25) is 5.91 Å². The molecular weight excluding hydrogens is 294 g/mol. The van der Waals surface area contributed by atoms with Gasteiger partial charge >= 0.3 is 0 Å². The van der Waals surface area contributed by atoms with Gasteiger partial charge in [0.15, 0.2) is 5.78 Å². The fourth-order valence-electron chi connectivity index (χ4n) is 1.37. The SMILES string of the molecule is CCC(Br)C(=O)c1ccc(NC(=O)C(C)C)cc1. The third-order valence-corrected chi connectivity index (χ3v) is 3.67. The van der Waals surface area contributed by atoms with E-state index in [1.807, 2.05) is 20.8 Å². The van der Waals surface area contributed by atoms with Crippen LogP contribution in [-0.4, -0.2) is 16.5 Å². The highest BCUT2D eigenvalue weighted by atomic mass is 79.9. The van der Waals surface area contributed by atoms with Crippen molar-refractivity contribution in [3.63, 3.8) is 0 Å². The number of Topliss-reactive ketones (excluding diaryl/α,β-unsaturated/α-hetero) is 1. The first-order valence-electron chi connectivity index (χ1n) is 6.05. The van der Waals surface area contributed by atoms with Crippen LogP contribution in [0, 0.1) is 5.92 Å². The molecule has 3 nitrogen and oxygen atoms in total. The Balaban J connectivity index is 2.74. The summed E-state index contributed by atoms with van der Waals surface area (Å²) in [5, 5.41) is 2.79. The predicted molar refractivity (Wildman–Crippen MR) is 77.2 cm³/mol. The number of amides is 1. The van der Waals surface area contributed by atoms with E-state index in [9.17, 15) is 9.59 Å². The third-order valence-electron chi connectivity index (χ3n) is 2.60. The lowest BCUT2D eigenvalue weighted by molar-refractivity contribution is -0.118. The number of hydrogen-bond donors (Lipinski definition) is 1. The van der Waals surface area contributed by atoms with Crippen molar-refractivity contribution in [1.82, 2.24) is 0 Å². The van der Waals surface area contributed by atoms with Crippen LogP contribution in [0.2, 0.25) is 0 Å². The summed E-state index contributed by atoms with van der Waals surface area (Å²) in [7, 11) is 0. The summed E-state index contributed by atoms with van der Waals surface area (Å²) in [6.45, 7) is 5.63. The van der Waals surface area contributed by atoms with E-state index in [2.05, 4.69) is 21.2 Å². The van der Waals surface area contributed by atoms with Gasteiger partial charge in [-0.1, -0.05) is 36.7 Å². The molecule has 0 aliphatic rings. The molecule has 1 aromatic rings. The zero-order valence-corrected chi connectivity index (χ0v) is 12.5. The average Bonchev–Trinajstić information content (AvgIpc) is 2.37. The molecule has 0 bridgehead atoms. The molecular formula is C14H18BrNO2. The highest BCUT2D eigenvalue weighted by Crippen LogP contribution is 2.16. The molecule has 98 valence electrons. The quantitative estimate of drug-likeness (QED) is 0.666. The summed E-state index contributed by atoms with van der Waals surface area (Å²) < 4.78 is 0. The standard InChI is InChI=1S/C14H18BrNO2/c1-4-12(15)13(17)10-5-7-11(8-6-10)16-14(18)9(2)3/h5-9,12H,4H2,1-3H3,(H,16,18). The summed E-state index contributed by atoms with van der Waals surface area (Å²) in [6.07, 6.45) is 0.755. The molecule has 1 N–H and O–H groups in total. The van der Waals surface area contributed by atoms with Crippen molar-refractivity contribution in [2.24, 2.45) is 5.92 Å². The van der Waals surface area contributed by atoms with Crippen LogP contribution in [0.15, 0.2) is 24.3 Å². The number of rotatable bonds is 5. The van der Waals surface area contributed by atoms with E-state index in [1.165, 1.54) is 0 Å². The largest absolute Gasteiger partial charge is 0.326 e. The third kappa shape index (κ3) is 3.95. The number of anilines is 1. The Bertz CT molecular complexity index is 426. The van der Waals surface area contributed by atoms with E-state index in [-0.39, 0.29) is 22.4 Å². The Morgan fingerprint density at radius 1 is 1.22 bits per heavy atom. The molecule has 1 aromatic carbocycles. The first kappa shape index (κ1) is 14.9. The van der Waals surface area contributed by atoms with E-state index in [0.717, 1.165) is 6.42 Å². The van der Waals surface area contributed by atoms with Gasteiger partial charge in [-0.15, -0.1) is 0 Å². The van der Waals surface area contributed by atoms with Crippen LogP contribution in [0.3, 0.4) is 0 Å². The van der Waals surface area contributed by atoms with Crippen LogP contribution in [-0.2, 0) is 4.79 Å². The minimum atomic E-state index is -0.145. The van der Waals surface area contributed by atoms with E-state index < -0.39 is 0 Å². The van der Waals surface area contributed by atoms with Gasteiger partial charge in [0, 0.05) is 17.2 Å². The van der Waals surface area contributed by atoms with Gasteiger partial charge in [0.05, 0.1) is 4.83 Å². The van der Waals surface area contributed by atoms with Crippen LogP contribution in [0.4, 0.5) is 5.69 Å². The average molecular weight is 312 g/mol. The maximum Gasteiger partial charge on any atom is 0.226 e. The number of carbonyl (C=O) groups excluding carboxylic acids is 2. The molecule has 0 aliphatic carbocycles. The Hall–Kier alpha value is -1.16. The molecule has 1 amide bonds. The molecule has 0 heterocycles. The lowest BCUT2D eigenvalue weighted by Crippen LogP contribution is -2.18. The van der Waals surface area contributed by atoms with E-state index >= 15 is 0 Å². The Morgan fingerprint density at radius 3 is 2.22 bits per heavy atom. The Kier molecular flexibility index (Phi) is 5.54. The maximum atomic E-state index is 11.9. The van der Waals surface area contributed by atoms with Crippen LogP contribution >= 0.6 is 15.9 Å². The predicted octanol–water partition coefficient (Wildman–Crippen LogP) is 3.64. The van der Waals surface area contributed by atoms with E-state index in [0.29, 0.717) is 11.3 Å². The topological polar surface area (TPSA) is 46.2 Å². The molecule has 1 atom stereocenters. The highest BCUT2D eigenvalue weighted by Gasteiger charge is 2.14. The second kappa shape index (κ2) is 6.69. The second-order valence-electron chi connectivity index (χ2n) is 4.46. The fraction of sp³-hybridized carbons (Fsp3) is 0.429. The lowest BCUT2D eigenvalue weighted by Gasteiger charge is -2.09. The fourth-order valence-corrected chi connectivity index (χ4v) is 1.63. The van der Waals surface area contributed by atoms with E-state index in [4.69, 9.17) is 0 Å². The van der Waals surface area contributed by atoms with Gasteiger partial charge in [0.25, 0.3) is 0 Å². The van der Waals surface area contributed by atoms with Crippen molar-refractivity contribution in [3.05, 3.63) is 29.8 Å². The summed E-state index contributed by atoms with van der Waals surface area (Å²) in [6, 6.07) is 6.98. The van der Waals surface area contributed by atoms with Crippen molar-refractivity contribution in [3.8, 4) is 0 Å². The molecule has 0 aliphatic heterocycles. The Morgan fingerprint density at radius 2 is 1.78 bits per heavy atom. The van der Waals surface area contributed by atoms with Crippen LogP contribution in [0.5, 0.6) is 0 Å². The Labute approximate surface area is 116 Å². The molecule has 0 saturated carbocycles. The van der Waals surface area contributed by atoms with Crippen LogP contribution in [0.25, 0.3) is 0 Å². The van der Waals surface area contributed by atoms with Gasteiger partial charge in [-0.25, -0.2) is 0 Å². The molecule has 4 heteroatoms. The number of alkyl halides is 1. The number of halogens is 1. The van der Waals surface area contributed by atoms with Crippen LogP contribution in [0.1, 0.15) is 37.6 Å². The van der Waals surface area contributed by atoms with Gasteiger partial charge in [-0.2, -0.15) is 0 Å². The number of nitrogens with one attached hydrogen (secondary N) is 1. The summed E-state index contributed by atoms with van der Waals surface area (Å²) in [5.41, 5.74) is 1.37. The van der Waals surface area contributed by atoms with Crippen LogP contribution < -0.4 is 5.32 Å². The summed E-state index contributed by atoms with van der Waals surface area (Å²) in [5.74, 6) is -0.0152. The van der Waals surface area contributed by atoms with Crippen molar-refractivity contribution < 1.29 is 9.59 Å². The molecule has 0 aromatic heterocycles. The molecule has 1 rings (SSSR count). The smallest absolute Gasteiger partial charge is 0.226 e. The van der Waals surface area contributed by atoms with Crippen molar-refractivity contribution in [2.45, 2.75) is 32.0 Å². The molecule has 0 saturated heterocycles. The van der Waals surface area contributed by atoms with Gasteiger partial charge in [-0.3, -0.25) is 9.59 Å². The normalized spacial score (nSPS) is 12.3. The molecule has 18 heavy (non-hydrogen) atoms. The summed E-state index contributed by atoms with van der Waals surface area (Å²) >= 11 is 3.34. The molecule has 1 unspecified atom stereocenters. The van der Waals surface area contributed by atoms with E-state index in [1.54, 1.807) is 24.3 Å². The molecule has 0 spiro atoms. The van der Waals surface area contributed by atoms with Gasteiger partial charge in [0.1, 0.15) is 0 Å². The minimum absolute atomic E-state index is 0.0268. The molecule has 0 radical (unpaired) electrons. The van der Waals surface area contributed by atoms with Crippen molar-refractivity contribution in [1.29, 1.82) is 0 Å². The van der Waals surface area contributed by atoms with Gasteiger partial charge in [-0.05, 0) is 30.7 Å².